The first-order valence-corrected chi connectivity index (χ1v) is 8.82. The van der Waals surface area contributed by atoms with Gasteiger partial charge in [-0.15, -0.1) is 0 Å². The maximum Gasteiger partial charge on any atom is 0.340 e. The van der Waals surface area contributed by atoms with Crippen molar-refractivity contribution in [3.05, 3.63) is 71.8 Å². The first-order chi connectivity index (χ1) is 13.8. The molecule has 1 aliphatic rings. The highest BCUT2D eigenvalue weighted by Gasteiger charge is 2.61. The Morgan fingerprint density at radius 1 is 0.862 bits per heavy atom. The van der Waals surface area contributed by atoms with Gasteiger partial charge in [0.05, 0.1) is 11.1 Å². The van der Waals surface area contributed by atoms with Crippen molar-refractivity contribution in [3.8, 4) is 0 Å². The van der Waals surface area contributed by atoms with Crippen molar-refractivity contribution >= 4 is 17.9 Å². The third kappa shape index (κ3) is 4.60. The van der Waals surface area contributed by atoms with Gasteiger partial charge in [-0.1, -0.05) is 36.4 Å². The predicted molar refractivity (Wildman–Crippen MR) is 97.4 cm³/mol. The summed E-state index contributed by atoms with van der Waals surface area (Å²) in [7, 11) is 0. The van der Waals surface area contributed by atoms with Crippen LogP contribution < -0.4 is 0 Å². The molecule has 2 aromatic rings. The molecule has 152 valence electrons. The van der Waals surface area contributed by atoms with Crippen LogP contribution in [0.5, 0.6) is 0 Å². The Balaban J connectivity index is 1.83. The molecule has 8 heteroatoms. The molecule has 7 nitrogen and oxygen atoms in total. The molecule has 0 bridgehead atoms. The van der Waals surface area contributed by atoms with Crippen LogP contribution in [0.3, 0.4) is 0 Å². The first-order valence-electron chi connectivity index (χ1n) is 8.82. The van der Waals surface area contributed by atoms with Crippen LogP contribution >= 0.6 is 0 Å². The predicted octanol–water partition coefficient (Wildman–Crippen LogP) is 3.04. The third-order valence-corrected chi connectivity index (χ3v) is 4.27. The first kappa shape index (κ1) is 20.5. The molecule has 3 rings (SSSR count). The van der Waals surface area contributed by atoms with E-state index in [-0.39, 0.29) is 11.1 Å². The number of ether oxygens (including phenoxy) is 4. The zero-order chi connectivity index (χ0) is 21.0. The Hall–Kier alpha value is -3.26. The molecule has 1 heterocycles. The molecule has 0 radical (unpaired) electrons. The van der Waals surface area contributed by atoms with Gasteiger partial charge >= 0.3 is 17.9 Å². The van der Waals surface area contributed by atoms with Crippen molar-refractivity contribution in [2.75, 3.05) is 0 Å². The number of hydrogen-bond acceptors (Lipinski definition) is 7. The second kappa shape index (κ2) is 8.40. The van der Waals surface area contributed by atoms with Crippen molar-refractivity contribution in [1.29, 1.82) is 0 Å². The van der Waals surface area contributed by atoms with E-state index in [1.165, 1.54) is 24.3 Å². The van der Waals surface area contributed by atoms with E-state index in [2.05, 4.69) is 0 Å². The molecule has 0 N–H and O–H groups in total. The SMILES string of the molecule is CC(=O)O[C@H]1O[C@H](OC(=O)c2ccccc2)[C@@H](OC(=O)c2ccccc2)[C@@]1(C)F. The number of hydrogen-bond donors (Lipinski definition) is 0. The van der Waals surface area contributed by atoms with Gasteiger partial charge in [-0.2, -0.15) is 0 Å². The molecule has 0 aliphatic carbocycles. The van der Waals surface area contributed by atoms with E-state index in [1.807, 2.05) is 0 Å². The van der Waals surface area contributed by atoms with Crippen molar-refractivity contribution in [2.45, 2.75) is 38.2 Å². The molecule has 4 atom stereocenters. The summed E-state index contributed by atoms with van der Waals surface area (Å²) in [5, 5.41) is 0. The molecular weight excluding hydrogens is 383 g/mol. The standard InChI is InChI=1S/C21H19FO7/c1-13(23)26-20-21(2,22)16(27-17(24)14-9-5-3-6-10-14)19(29-20)28-18(25)15-11-7-4-8-12-15/h3-12,16,19-20H,1-2H3/t16-,19+,20+,21-/m1/s1. The van der Waals surface area contributed by atoms with E-state index in [1.54, 1.807) is 36.4 Å². The lowest BCUT2D eigenvalue weighted by molar-refractivity contribution is -0.211. The molecule has 0 saturated carbocycles. The van der Waals surface area contributed by atoms with E-state index < -0.39 is 42.3 Å². The molecule has 29 heavy (non-hydrogen) atoms. The monoisotopic (exact) mass is 402 g/mol. The van der Waals surface area contributed by atoms with Gasteiger partial charge in [0.25, 0.3) is 0 Å². The topological polar surface area (TPSA) is 88.1 Å². The maximum atomic E-state index is 15.4. The minimum atomic E-state index is -2.46. The number of alkyl halides is 1. The van der Waals surface area contributed by atoms with Crippen LogP contribution in [0.2, 0.25) is 0 Å². The van der Waals surface area contributed by atoms with Crippen molar-refractivity contribution in [3.63, 3.8) is 0 Å². The maximum absolute atomic E-state index is 15.4. The normalized spacial score (nSPS) is 25.8. The summed E-state index contributed by atoms with van der Waals surface area (Å²) in [6, 6.07) is 15.9. The molecule has 1 aliphatic heterocycles. The minimum Gasteiger partial charge on any atom is -0.448 e. The van der Waals surface area contributed by atoms with Gasteiger partial charge < -0.3 is 14.2 Å². The van der Waals surface area contributed by atoms with Crippen LogP contribution in [-0.2, 0) is 23.7 Å². The van der Waals surface area contributed by atoms with Gasteiger partial charge in [0, 0.05) is 6.92 Å². The van der Waals surface area contributed by atoms with Crippen LogP contribution in [0.15, 0.2) is 60.7 Å². The number of rotatable bonds is 5. The lowest BCUT2D eigenvalue weighted by Gasteiger charge is -2.26. The Kier molecular flexibility index (Phi) is 5.93. The fourth-order valence-corrected chi connectivity index (χ4v) is 2.79. The Bertz CT molecular complexity index is 882. The molecule has 2 aromatic carbocycles. The van der Waals surface area contributed by atoms with Crippen LogP contribution in [0.4, 0.5) is 4.39 Å². The van der Waals surface area contributed by atoms with E-state index >= 15 is 4.39 Å². The van der Waals surface area contributed by atoms with Gasteiger partial charge in [0.15, 0.2) is 0 Å². The number of carbonyl (C=O) groups excluding carboxylic acids is 3. The average molecular weight is 402 g/mol. The van der Waals surface area contributed by atoms with Gasteiger partial charge in [0.2, 0.25) is 24.4 Å². The fraction of sp³-hybridized carbons (Fsp3) is 0.286. The highest BCUT2D eigenvalue weighted by atomic mass is 19.1. The quantitative estimate of drug-likeness (QED) is 0.561. The second-order valence-corrected chi connectivity index (χ2v) is 6.56. The summed E-state index contributed by atoms with van der Waals surface area (Å²) in [5.41, 5.74) is -2.09. The van der Waals surface area contributed by atoms with Gasteiger partial charge in [-0.25, -0.2) is 14.0 Å². The van der Waals surface area contributed by atoms with Crippen molar-refractivity contribution in [1.82, 2.24) is 0 Å². The summed E-state index contributed by atoms with van der Waals surface area (Å²) in [5.74, 6) is -2.45. The Morgan fingerprint density at radius 2 is 1.34 bits per heavy atom. The van der Waals surface area contributed by atoms with E-state index in [0.29, 0.717) is 0 Å². The highest BCUT2D eigenvalue weighted by Crippen LogP contribution is 2.38. The zero-order valence-electron chi connectivity index (χ0n) is 15.7. The van der Waals surface area contributed by atoms with Crippen LogP contribution in [0.25, 0.3) is 0 Å². The van der Waals surface area contributed by atoms with Crippen LogP contribution in [-0.4, -0.2) is 42.3 Å². The molecule has 0 amide bonds. The van der Waals surface area contributed by atoms with Gasteiger partial charge in [-0.3, -0.25) is 9.53 Å². The summed E-state index contributed by atoms with van der Waals surface area (Å²) in [6.45, 7) is 2.12. The van der Waals surface area contributed by atoms with Gasteiger partial charge in [-0.05, 0) is 31.2 Å². The number of halogens is 1. The number of carbonyl (C=O) groups is 3. The van der Waals surface area contributed by atoms with E-state index in [4.69, 9.17) is 18.9 Å². The largest absolute Gasteiger partial charge is 0.448 e. The Morgan fingerprint density at radius 3 is 1.83 bits per heavy atom. The molecule has 1 fully saturated rings. The second-order valence-electron chi connectivity index (χ2n) is 6.56. The fourth-order valence-electron chi connectivity index (χ4n) is 2.79. The smallest absolute Gasteiger partial charge is 0.340 e. The minimum absolute atomic E-state index is 0.173. The summed E-state index contributed by atoms with van der Waals surface area (Å²) >= 11 is 0. The van der Waals surface area contributed by atoms with E-state index in [9.17, 15) is 14.4 Å². The summed E-state index contributed by atoms with van der Waals surface area (Å²) in [4.78, 5) is 36.1. The molecule has 0 unspecified atom stereocenters. The summed E-state index contributed by atoms with van der Waals surface area (Å²) < 4.78 is 36.0. The lowest BCUT2D eigenvalue weighted by atomic mass is 10.0. The number of esters is 3. The zero-order valence-corrected chi connectivity index (χ0v) is 15.7. The Labute approximate surface area is 166 Å². The van der Waals surface area contributed by atoms with Crippen LogP contribution in [0, 0.1) is 0 Å². The van der Waals surface area contributed by atoms with Crippen LogP contribution in [0.1, 0.15) is 34.6 Å². The lowest BCUT2D eigenvalue weighted by Crippen LogP contribution is -2.46. The molecule has 0 aromatic heterocycles. The average Bonchev–Trinajstić information content (AvgIpc) is 2.92. The van der Waals surface area contributed by atoms with Crippen molar-refractivity contribution in [2.24, 2.45) is 0 Å². The van der Waals surface area contributed by atoms with Gasteiger partial charge in [0.1, 0.15) is 0 Å². The number of benzene rings is 2. The summed E-state index contributed by atoms with van der Waals surface area (Å²) in [6.07, 6.45) is -5.00. The van der Waals surface area contributed by atoms with Crippen molar-refractivity contribution < 1.29 is 37.7 Å². The van der Waals surface area contributed by atoms with E-state index in [0.717, 1.165) is 13.8 Å². The molecule has 0 spiro atoms. The third-order valence-electron chi connectivity index (χ3n) is 4.27. The highest BCUT2D eigenvalue weighted by molar-refractivity contribution is 5.90. The molecular formula is C21H19FO7. The molecule has 1 saturated heterocycles.